The highest BCUT2D eigenvalue weighted by Crippen LogP contribution is 2.29. The van der Waals surface area contributed by atoms with Crippen molar-refractivity contribution in [2.75, 3.05) is 11.1 Å². The lowest BCUT2D eigenvalue weighted by Crippen LogP contribution is -2.06. The monoisotopic (exact) mass is 294 g/mol. The van der Waals surface area contributed by atoms with Gasteiger partial charge in [0.1, 0.15) is 23.7 Å². The summed E-state index contributed by atoms with van der Waals surface area (Å²) < 4.78 is 28.5. The summed E-state index contributed by atoms with van der Waals surface area (Å²) in [7, 11) is 0. The van der Waals surface area contributed by atoms with E-state index < -0.39 is 6.61 Å². The van der Waals surface area contributed by atoms with Gasteiger partial charge in [-0.1, -0.05) is 13.8 Å². The smallest absolute Gasteiger partial charge is 0.387 e. The van der Waals surface area contributed by atoms with Gasteiger partial charge in [-0.05, 0) is 30.2 Å². The number of ether oxygens (including phenoxy) is 1. The second-order valence-corrected chi connectivity index (χ2v) is 4.70. The predicted molar refractivity (Wildman–Crippen MR) is 76.9 cm³/mol. The van der Waals surface area contributed by atoms with Crippen LogP contribution in [0, 0.1) is 0 Å². The van der Waals surface area contributed by atoms with Gasteiger partial charge in [0.25, 0.3) is 0 Å². The number of nitrogens with zero attached hydrogens (tertiary/aromatic N) is 2. The van der Waals surface area contributed by atoms with Crippen LogP contribution in [0.2, 0.25) is 0 Å². The Kier molecular flexibility index (Phi) is 4.52. The van der Waals surface area contributed by atoms with Crippen molar-refractivity contribution in [3.05, 3.63) is 36.2 Å². The van der Waals surface area contributed by atoms with E-state index in [4.69, 9.17) is 5.73 Å². The maximum atomic E-state index is 12.1. The van der Waals surface area contributed by atoms with E-state index in [0.29, 0.717) is 17.3 Å². The van der Waals surface area contributed by atoms with E-state index in [1.807, 2.05) is 13.8 Å². The second kappa shape index (κ2) is 6.34. The van der Waals surface area contributed by atoms with E-state index in [1.165, 1.54) is 18.5 Å². The minimum atomic E-state index is -2.84. The zero-order valence-electron chi connectivity index (χ0n) is 11.7. The molecule has 3 N–H and O–H groups in total. The highest BCUT2D eigenvalue weighted by atomic mass is 19.3. The van der Waals surface area contributed by atoms with Gasteiger partial charge >= 0.3 is 6.61 Å². The SMILES string of the molecule is CC(C)c1c(N)ncnc1Nc1ccc(OC(F)F)cc1. The van der Waals surface area contributed by atoms with Gasteiger partial charge in [0, 0.05) is 11.3 Å². The summed E-state index contributed by atoms with van der Waals surface area (Å²) in [4.78, 5) is 8.15. The third kappa shape index (κ3) is 3.77. The molecule has 1 aromatic heterocycles. The second-order valence-electron chi connectivity index (χ2n) is 4.70. The first-order chi connectivity index (χ1) is 9.97. The van der Waals surface area contributed by atoms with Gasteiger partial charge in [-0.25, -0.2) is 9.97 Å². The Hall–Kier alpha value is -2.44. The molecule has 0 radical (unpaired) electrons. The van der Waals surface area contributed by atoms with Crippen LogP contribution in [0.25, 0.3) is 0 Å². The molecule has 0 aliphatic rings. The Morgan fingerprint density at radius 1 is 1.14 bits per heavy atom. The van der Waals surface area contributed by atoms with Crippen LogP contribution in [0.4, 0.5) is 26.1 Å². The summed E-state index contributed by atoms with van der Waals surface area (Å²) in [5, 5.41) is 3.10. The molecule has 0 atom stereocenters. The predicted octanol–water partition coefficient (Wildman–Crippen LogP) is 3.53. The average Bonchev–Trinajstić information content (AvgIpc) is 2.40. The quantitative estimate of drug-likeness (QED) is 0.882. The van der Waals surface area contributed by atoms with Crippen LogP contribution >= 0.6 is 0 Å². The van der Waals surface area contributed by atoms with Gasteiger partial charge in [-0.15, -0.1) is 0 Å². The number of alkyl halides is 2. The van der Waals surface area contributed by atoms with Crippen molar-refractivity contribution in [2.45, 2.75) is 26.4 Å². The Balaban J connectivity index is 2.20. The fourth-order valence-electron chi connectivity index (χ4n) is 1.93. The first-order valence-electron chi connectivity index (χ1n) is 6.39. The van der Waals surface area contributed by atoms with Gasteiger partial charge in [0.15, 0.2) is 0 Å². The molecule has 1 aromatic carbocycles. The summed E-state index contributed by atoms with van der Waals surface area (Å²) in [6, 6.07) is 6.16. The summed E-state index contributed by atoms with van der Waals surface area (Å²) in [5.74, 6) is 1.26. The van der Waals surface area contributed by atoms with Crippen LogP contribution in [0.15, 0.2) is 30.6 Å². The number of nitrogens with one attached hydrogen (secondary N) is 1. The minimum Gasteiger partial charge on any atom is -0.435 e. The Bertz CT molecular complexity index is 602. The molecule has 0 saturated heterocycles. The molecule has 0 saturated carbocycles. The normalized spacial score (nSPS) is 11.0. The zero-order chi connectivity index (χ0) is 15.4. The number of nitrogen functional groups attached to an aromatic ring is 1. The number of aromatic nitrogens is 2. The fourth-order valence-corrected chi connectivity index (χ4v) is 1.93. The van der Waals surface area contributed by atoms with Gasteiger partial charge in [-0.3, -0.25) is 0 Å². The van der Waals surface area contributed by atoms with E-state index in [-0.39, 0.29) is 11.7 Å². The highest BCUT2D eigenvalue weighted by Gasteiger charge is 2.13. The summed E-state index contributed by atoms with van der Waals surface area (Å²) in [5.41, 5.74) is 7.36. The van der Waals surface area contributed by atoms with Crippen LogP contribution < -0.4 is 15.8 Å². The third-order valence-electron chi connectivity index (χ3n) is 2.83. The topological polar surface area (TPSA) is 73.1 Å². The Morgan fingerprint density at radius 3 is 2.38 bits per heavy atom. The largest absolute Gasteiger partial charge is 0.435 e. The number of anilines is 3. The van der Waals surface area contributed by atoms with Crippen molar-refractivity contribution in [2.24, 2.45) is 0 Å². The Morgan fingerprint density at radius 2 is 1.81 bits per heavy atom. The molecule has 2 aromatic rings. The van der Waals surface area contributed by atoms with E-state index in [2.05, 4.69) is 20.0 Å². The molecule has 0 bridgehead atoms. The number of hydrogen-bond donors (Lipinski definition) is 2. The third-order valence-corrected chi connectivity index (χ3v) is 2.83. The molecule has 1 heterocycles. The number of rotatable bonds is 5. The lowest BCUT2D eigenvalue weighted by atomic mass is 10.0. The maximum Gasteiger partial charge on any atom is 0.387 e. The van der Waals surface area contributed by atoms with Gasteiger partial charge in [0.05, 0.1) is 0 Å². The average molecular weight is 294 g/mol. The van der Waals surface area contributed by atoms with Crippen molar-refractivity contribution in [3.63, 3.8) is 0 Å². The molecule has 5 nitrogen and oxygen atoms in total. The molecule has 0 spiro atoms. The molecule has 0 fully saturated rings. The first-order valence-corrected chi connectivity index (χ1v) is 6.39. The Labute approximate surface area is 121 Å². The fraction of sp³-hybridized carbons (Fsp3) is 0.286. The molecular formula is C14H16F2N4O. The molecule has 0 aliphatic heterocycles. The maximum absolute atomic E-state index is 12.1. The van der Waals surface area contributed by atoms with E-state index >= 15 is 0 Å². The summed E-state index contributed by atoms with van der Waals surface area (Å²) >= 11 is 0. The van der Waals surface area contributed by atoms with Crippen LogP contribution in [0.1, 0.15) is 25.3 Å². The standard InChI is InChI=1S/C14H16F2N4O/c1-8(2)11-12(17)18-7-19-13(11)20-9-3-5-10(6-4-9)21-14(15)16/h3-8,14H,1-2H3,(H3,17,18,19,20). The lowest BCUT2D eigenvalue weighted by molar-refractivity contribution is -0.0498. The number of nitrogens with two attached hydrogens (primary N) is 1. The summed E-state index contributed by atoms with van der Waals surface area (Å²) in [6.45, 7) is 1.14. The highest BCUT2D eigenvalue weighted by molar-refractivity contribution is 5.65. The zero-order valence-corrected chi connectivity index (χ0v) is 11.7. The van der Waals surface area contributed by atoms with Gasteiger partial charge < -0.3 is 15.8 Å². The number of hydrogen-bond acceptors (Lipinski definition) is 5. The molecule has 0 amide bonds. The molecule has 0 aliphatic carbocycles. The minimum absolute atomic E-state index is 0.0989. The molecule has 112 valence electrons. The number of halogens is 2. The van der Waals surface area contributed by atoms with Gasteiger partial charge in [0.2, 0.25) is 0 Å². The molecular weight excluding hydrogens is 278 g/mol. The molecule has 2 rings (SSSR count). The van der Waals surface area contributed by atoms with Crippen molar-refractivity contribution in [3.8, 4) is 5.75 Å². The molecule has 0 unspecified atom stereocenters. The molecule has 7 heteroatoms. The molecule has 21 heavy (non-hydrogen) atoms. The van der Waals surface area contributed by atoms with Crippen LogP contribution in [0.3, 0.4) is 0 Å². The summed E-state index contributed by atoms with van der Waals surface area (Å²) in [6.07, 6.45) is 1.37. The van der Waals surface area contributed by atoms with Crippen LogP contribution in [0.5, 0.6) is 5.75 Å². The van der Waals surface area contributed by atoms with E-state index in [9.17, 15) is 8.78 Å². The van der Waals surface area contributed by atoms with Crippen LogP contribution in [-0.2, 0) is 0 Å². The van der Waals surface area contributed by atoms with Crippen molar-refractivity contribution >= 4 is 17.3 Å². The van der Waals surface area contributed by atoms with Crippen molar-refractivity contribution in [1.29, 1.82) is 0 Å². The van der Waals surface area contributed by atoms with Crippen molar-refractivity contribution in [1.82, 2.24) is 9.97 Å². The van der Waals surface area contributed by atoms with Crippen molar-refractivity contribution < 1.29 is 13.5 Å². The van der Waals surface area contributed by atoms with E-state index in [1.54, 1.807) is 12.1 Å². The van der Waals surface area contributed by atoms with E-state index in [0.717, 1.165) is 5.56 Å². The number of benzene rings is 1. The first kappa shape index (κ1) is 15.0. The van der Waals surface area contributed by atoms with Gasteiger partial charge in [-0.2, -0.15) is 8.78 Å². The lowest BCUT2D eigenvalue weighted by Gasteiger charge is -2.15. The van der Waals surface area contributed by atoms with Crippen LogP contribution in [-0.4, -0.2) is 16.6 Å².